The van der Waals surface area contributed by atoms with Crippen LogP contribution in [-0.2, 0) is 0 Å². The molecule has 0 N–H and O–H groups in total. The first kappa shape index (κ1) is 31.9. The Bertz CT molecular complexity index is 3520. The van der Waals surface area contributed by atoms with Crippen molar-refractivity contribution in [2.24, 2.45) is 0 Å². The molecule has 12 rings (SSSR count). The minimum atomic E-state index is 0.580. The minimum Gasteiger partial charge on any atom is -0.309 e. The molecule has 0 radical (unpaired) electrons. The van der Waals surface area contributed by atoms with Crippen LogP contribution in [0.2, 0.25) is 0 Å². The van der Waals surface area contributed by atoms with Crippen molar-refractivity contribution in [3.63, 3.8) is 0 Å². The van der Waals surface area contributed by atoms with E-state index in [1.807, 2.05) is 0 Å². The zero-order valence-electron chi connectivity index (χ0n) is 30.5. The van der Waals surface area contributed by atoms with Crippen LogP contribution in [0.1, 0.15) is 0 Å². The van der Waals surface area contributed by atoms with Gasteiger partial charge in [0.05, 0.1) is 22.1 Å². The van der Waals surface area contributed by atoms with Crippen molar-refractivity contribution in [1.29, 1.82) is 0 Å². The third kappa shape index (κ3) is 5.04. The Kier molecular flexibility index (Phi) is 7.03. The Morgan fingerprint density at radius 2 is 0.825 bits per heavy atom. The van der Waals surface area contributed by atoms with Crippen LogP contribution in [0.25, 0.3) is 109 Å². The van der Waals surface area contributed by atoms with Gasteiger partial charge < -0.3 is 4.57 Å². The van der Waals surface area contributed by atoms with Gasteiger partial charge in [0, 0.05) is 58.5 Å². The second kappa shape index (κ2) is 12.6. The molecule has 0 aliphatic carbocycles. The zero-order chi connectivity index (χ0) is 37.5. The van der Waals surface area contributed by atoms with E-state index in [2.05, 4.69) is 197 Å². The lowest BCUT2D eigenvalue weighted by Crippen LogP contribution is -2.06. The maximum Gasteiger partial charge on any atom is 0.238 e. The SMILES string of the molecule is c1ccc(-c2ccc3c(c2)c2ccccc2n3-c2nc(-c3ccc4c(c3)sc3ccccc34)nc(-c3ccc4c(c3)c3ccccc3n4-c3ccccc3)n2)cc1. The van der Waals surface area contributed by atoms with Gasteiger partial charge in [-0.25, -0.2) is 4.98 Å². The summed E-state index contributed by atoms with van der Waals surface area (Å²) in [6, 6.07) is 66.7. The first-order chi connectivity index (χ1) is 28.2. The molecule has 6 heteroatoms. The molecule has 0 bridgehead atoms. The Balaban J connectivity index is 1.11. The molecule has 12 aromatic rings. The number of fused-ring (bicyclic) bond motifs is 9. The number of nitrogens with zero attached hydrogens (tertiary/aromatic N) is 5. The highest BCUT2D eigenvalue weighted by molar-refractivity contribution is 7.25. The summed E-state index contributed by atoms with van der Waals surface area (Å²) in [5, 5.41) is 7.13. The highest BCUT2D eigenvalue weighted by atomic mass is 32.1. The Labute approximate surface area is 331 Å². The second-order valence-electron chi connectivity index (χ2n) is 14.5. The molecule has 0 unspecified atom stereocenters. The highest BCUT2D eigenvalue weighted by Crippen LogP contribution is 2.39. The number of aromatic nitrogens is 5. The summed E-state index contributed by atoms with van der Waals surface area (Å²) in [5.41, 5.74) is 9.73. The maximum atomic E-state index is 5.34. The van der Waals surface area contributed by atoms with E-state index < -0.39 is 0 Å². The van der Waals surface area contributed by atoms with Crippen LogP contribution in [0.4, 0.5) is 0 Å². The summed E-state index contributed by atoms with van der Waals surface area (Å²) in [5.74, 6) is 1.83. The molecule has 0 saturated heterocycles. The fourth-order valence-electron chi connectivity index (χ4n) is 8.55. The third-order valence-electron chi connectivity index (χ3n) is 11.2. The van der Waals surface area contributed by atoms with Crippen molar-refractivity contribution in [3.05, 3.63) is 188 Å². The van der Waals surface area contributed by atoms with E-state index in [9.17, 15) is 0 Å². The molecule has 57 heavy (non-hydrogen) atoms. The standard InChI is InChI=1S/C51H31N5S/c1-3-13-32(14-4-1)33-24-27-46-41(29-33)38-18-8-11-21-44(38)56(46)51-53-49(52-50(54-51)35-23-26-40-39-19-9-12-22-47(39)57-48(40)31-35)34-25-28-45-42(30-34)37-17-7-10-20-43(37)55(45)36-15-5-2-6-16-36/h1-31H. The first-order valence-corrected chi connectivity index (χ1v) is 19.9. The van der Waals surface area contributed by atoms with Crippen LogP contribution in [0.15, 0.2) is 188 Å². The largest absolute Gasteiger partial charge is 0.309 e. The Hall–Kier alpha value is -7.41. The van der Waals surface area contributed by atoms with Crippen LogP contribution in [0.3, 0.4) is 0 Å². The molecule has 0 amide bonds. The number of hydrogen-bond donors (Lipinski definition) is 0. The summed E-state index contributed by atoms with van der Waals surface area (Å²) < 4.78 is 7.01. The van der Waals surface area contributed by atoms with Crippen molar-refractivity contribution >= 4 is 75.1 Å². The molecule has 0 spiro atoms. The van der Waals surface area contributed by atoms with Gasteiger partial charge in [0.1, 0.15) is 0 Å². The number of para-hydroxylation sites is 3. The van der Waals surface area contributed by atoms with E-state index in [0.29, 0.717) is 17.6 Å². The Morgan fingerprint density at radius 3 is 1.56 bits per heavy atom. The minimum absolute atomic E-state index is 0.580. The average Bonchev–Trinajstić information content (AvgIpc) is 3.94. The molecule has 4 aromatic heterocycles. The van der Waals surface area contributed by atoms with E-state index in [-0.39, 0.29) is 0 Å². The third-order valence-corrected chi connectivity index (χ3v) is 12.3. The molecule has 0 aliphatic rings. The normalized spacial score (nSPS) is 11.9. The lowest BCUT2D eigenvalue weighted by molar-refractivity contribution is 0.954. The predicted molar refractivity (Wildman–Crippen MR) is 238 cm³/mol. The van der Waals surface area contributed by atoms with E-state index in [0.717, 1.165) is 55.0 Å². The van der Waals surface area contributed by atoms with Crippen molar-refractivity contribution in [2.45, 2.75) is 0 Å². The summed E-state index contributed by atoms with van der Waals surface area (Å²) >= 11 is 1.80. The van der Waals surface area contributed by atoms with Crippen LogP contribution in [0.5, 0.6) is 0 Å². The van der Waals surface area contributed by atoms with Gasteiger partial charge in [-0.2, -0.15) is 9.97 Å². The summed E-state index contributed by atoms with van der Waals surface area (Å²) in [4.78, 5) is 15.9. The lowest BCUT2D eigenvalue weighted by Gasteiger charge is -2.12. The van der Waals surface area contributed by atoms with Crippen molar-refractivity contribution < 1.29 is 0 Å². The van der Waals surface area contributed by atoms with E-state index in [1.165, 1.54) is 36.7 Å². The van der Waals surface area contributed by atoms with Gasteiger partial charge in [-0.05, 0) is 77.9 Å². The van der Waals surface area contributed by atoms with Gasteiger partial charge in [0.25, 0.3) is 0 Å². The van der Waals surface area contributed by atoms with Crippen LogP contribution in [-0.4, -0.2) is 24.1 Å². The lowest BCUT2D eigenvalue weighted by atomic mass is 10.0. The number of thiophene rings is 1. The van der Waals surface area contributed by atoms with Gasteiger partial charge in [0.2, 0.25) is 5.95 Å². The van der Waals surface area contributed by atoms with E-state index >= 15 is 0 Å². The highest BCUT2D eigenvalue weighted by Gasteiger charge is 2.20. The van der Waals surface area contributed by atoms with Gasteiger partial charge in [-0.1, -0.05) is 121 Å². The number of benzene rings is 8. The maximum absolute atomic E-state index is 5.34. The number of rotatable bonds is 5. The summed E-state index contributed by atoms with van der Waals surface area (Å²) in [7, 11) is 0. The zero-order valence-corrected chi connectivity index (χ0v) is 31.4. The van der Waals surface area contributed by atoms with Crippen LogP contribution < -0.4 is 0 Å². The average molecular weight is 746 g/mol. The van der Waals surface area contributed by atoms with Gasteiger partial charge in [0.15, 0.2) is 11.6 Å². The molecular formula is C51H31N5S. The molecule has 0 atom stereocenters. The van der Waals surface area contributed by atoms with Gasteiger partial charge in [-0.15, -0.1) is 11.3 Å². The van der Waals surface area contributed by atoms with Crippen LogP contribution in [0, 0.1) is 0 Å². The molecule has 266 valence electrons. The number of hydrogen-bond acceptors (Lipinski definition) is 4. The topological polar surface area (TPSA) is 48.5 Å². The molecule has 0 aliphatic heterocycles. The molecule has 0 fully saturated rings. The monoisotopic (exact) mass is 745 g/mol. The molecule has 4 heterocycles. The fraction of sp³-hybridized carbons (Fsp3) is 0. The van der Waals surface area contributed by atoms with Gasteiger partial charge in [-0.3, -0.25) is 4.57 Å². The summed E-state index contributed by atoms with van der Waals surface area (Å²) in [6.45, 7) is 0. The Morgan fingerprint density at radius 1 is 0.316 bits per heavy atom. The van der Waals surface area contributed by atoms with E-state index in [1.54, 1.807) is 11.3 Å². The molecule has 0 saturated carbocycles. The molecular weight excluding hydrogens is 715 g/mol. The second-order valence-corrected chi connectivity index (χ2v) is 15.5. The predicted octanol–water partition coefficient (Wildman–Crippen LogP) is 13.4. The van der Waals surface area contributed by atoms with Crippen molar-refractivity contribution in [1.82, 2.24) is 24.1 Å². The van der Waals surface area contributed by atoms with Crippen molar-refractivity contribution in [2.75, 3.05) is 0 Å². The first-order valence-electron chi connectivity index (χ1n) is 19.1. The smallest absolute Gasteiger partial charge is 0.238 e. The molecule has 8 aromatic carbocycles. The van der Waals surface area contributed by atoms with Crippen LogP contribution >= 0.6 is 11.3 Å². The molecule has 5 nitrogen and oxygen atoms in total. The van der Waals surface area contributed by atoms with E-state index in [4.69, 9.17) is 15.0 Å². The fourth-order valence-corrected chi connectivity index (χ4v) is 9.70. The quantitative estimate of drug-likeness (QED) is 0.176. The van der Waals surface area contributed by atoms with Crippen molar-refractivity contribution in [3.8, 4) is 45.5 Å². The summed E-state index contributed by atoms with van der Waals surface area (Å²) in [6.07, 6.45) is 0. The van der Waals surface area contributed by atoms with Gasteiger partial charge >= 0.3 is 0 Å².